The van der Waals surface area contributed by atoms with Gasteiger partial charge in [0.1, 0.15) is 11.5 Å². The second kappa shape index (κ2) is 9.88. The van der Waals surface area contributed by atoms with Gasteiger partial charge in [0.2, 0.25) is 16.0 Å². The van der Waals surface area contributed by atoms with Crippen LogP contribution < -0.4 is 19.8 Å². The van der Waals surface area contributed by atoms with E-state index in [1.807, 2.05) is 41.1 Å². The van der Waals surface area contributed by atoms with Crippen LogP contribution >= 0.6 is 0 Å². The molecule has 1 aliphatic carbocycles. The van der Waals surface area contributed by atoms with Gasteiger partial charge >= 0.3 is 0 Å². The summed E-state index contributed by atoms with van der Waals surface area (Å²) in [6.45, 7) is 5.62. The lowest BCUT2D eigenvalue weighted by Crippen LogP contribution is -2.49. The zero-order valence-electron chi connectivity index (χ0n) is 21.6. The first-order valence-corrected chi connectivity index (χ1v) is 14.8. The number of pyridine rings is 1. The van der Waals surface area contributed by atoms with Gasteiger partial charge in [-0.3, -0.25) is 4.31 Å². The van der Waals surface area contributed by atoms with Crippen LogP contribution in [0, 0.1) is 0 Å². The molecule has 2 aliphatic rings. The van der Waals surface area contributed by atoms with Crippen molar-refractivity contribution in [2.45, 2.75) is 38.4 Å². The third-order valence-corrected chi connectivity index (χ3v) is 8.20. The molecule has 2 N–H and O–H groups in total. The van der Waals surface area contributed by atoms with Gasteiger partial charge in [0, 0.05) is 72.6 Å². The molecular formula is C27H32N8O2S. The van der Waals surface area contributed by atoms with E-state index in [4.69, 9.17) is 4.98 Å². The fourth-order valence-electron chi connectivity index (χ4n) is 5.06. The van der Waals surface area contributed by atoms with E-state index in [0.717, 1.165) is 54.8 Å². The summed E-state index contributed by atoms with van der Waals surface area (Å²) in [5.41, 5.74) is 3.71. The van der Waals surface area contributed by atoms with Crippen LogP contribution in [0.3, 0.4) is 0 Å². The number of hydrogen-bond acceptors (Lipinski definition) is 8. The molecule has 1 atom stereocenters. The molecule has 1 saturated carbocycles. The summed E-state index contributed by atoms with van der Waals surface area (Å²) in [6.07, 6.45) is 8.35. The summed E-state index contributed by atoms with van der Waals surface area (Å²) in [6, 6.07) is 14.5. The fraction of sp³-hybridized carbons (Fsp3) is 0.370. The number of rotatable bonds is 8. The molecule has 0 unspecified atom stereocenters. The van der Waals surface area contributed by atoms with Crippen LogP contribution in [0.5, 0.6) is 0 Å². The maximum Gasteiger partial charge on any atom is 0.233 e. The third kappa shape index (κ3) is 5.16. The SMILES string of the molecule is C[C@@H]1CN(c2ccc(Nc3ncc4ccn(Cc5cccnc5N(C5CC5)S(C)(=O)=O)c4n3)cc2)CCN1. The Morgan fingerprint density at radius 2 is 1.95 bits per heavy atom. The Morgan fingerprint density at radius 3 is 2.68 bits per heavy atom. The molecule has 2 fully saturated rings. The Balaban J connectivity index is 1.23. The van der Waals surface area contributed by atoms with Crippen LogP contribution in [-0.2, 0) is 16.6 Å². The highest BCUT2D eigenvalue weighted by molar-refractivity contribution is 7.92. The van der Waals surface area contributed by atoms with Crippen molar-refractivity contribution in [1.82, 2.24) is 24.8 Å². The molecule has 38 heavy (non-hydrogen) atoms. The quantitative estimate of drug-likeness (QED) is 0.356. The number of hydrogen-bond donors (Lipinski definition) is 2. The van der Waals surface area contributed by atoms with Crippen LogP contribution in [-0.4, -0.2) is 65.9 Å². The van der Waals surface area contributed by atoms with Gasteiger partial charge in [-0.1, -0.05) is 6.07 Å². The van der Waals surface area contributed by atoms with Crippen LogP contribution in [0.2, 0.25) is 0 Å². The number of piperazine rings is 1. The van der Waals surface area contributed by atoms with Gasteiger partial charge in [-0.15, -0.1) is 0 Å². The van der Waals surface area contributed by atoms with E-state index in [9.17, 15) is 8.42 Å². The minimum absolute atomic E-state index is 0.0143. The molecule has 1 aliphatic heterocycles. The van der Waals surface area contributed by atoms with E-state index in [0.29, 0.717) is 24.4 Å². The Bertz CT molecular complexity index is 1550. The normalized spacial score (nSPS) is 18.1. The zero-order valence-corrected chi connectivity index (χ0v) is 22.4. The molecule has 6 rings (SSSR count). The molecule has 0 radical (unpaired) electrons. The number of anilines is 4. The molecule has 0 spiro atoms. The molecule has 0 amide bonds. The van der Waals surface area contributed by atoms with Gasteiger partial charge in [0.05, 0.1) is 12.8 Å². The van der Waals surface area contributed by atoms with E-state index < -0.39 is 10.0 Å². The summed E-state index contributed by atoms with van der Waals surface area (Å²) in [4.78, 5) is 16.1. The second-order valence-corrected chi connectivity index (χ2v) is 12.0. The highest BCUT2D eigenvalue weighted by Crippen LogP contribution is 2.35. The summed E-state index contributed by atoms with van der Waals surface area (Å²) in [7, 11) is -3.43. The average molecular weight is 533 g/mol. The lowest BCUT2D eigenvalue weighted by Gasteiger charge is -2.33. The monoisotopic (exact) mass is 532 g/mol. The molecule has 4 heterocycles. The molecule has 1 saturated heterocycles. The molecular weight excluding hydrogens is 500 g/mol. The van der Waals surface area contributed by atoms with Crippen molar-refractivity contribution >= 4 is 44.2 Å². The Hall–Kier alpha value is -3.70. The van der Waals surface area contributed by atoms with E-state index >= 15 is 0 Å². The summed E-state index contributed by atoms with van der Waals surface area (Å²) in [5, 5.41) is 7.71. The highest BCUT2D eigenvalue weighted by Gasteiger charge is 2.37. The largest absolute Gasteiger partial charge is 0.369 e. The average Bonchev–Trinajstić information content (AvgIpc) is 3.65. The zero-order chi connectivity index (χ0) is 26.3. The van der Waals surface area contributed by atoms with Gasteiger partial charge in [-0.25, -0.2) is 18.4 Å². The van der Waals surface area contributed by atoms with Crippen molar-refractivity contribution in [3.05, 3.63) is 66.6 Å². The first-order chi connectivity index (χ1) is 18.3. The molecule has 11 heteroatoms. The first kappa shape index (κ1) is 24.6. The Kier molecular flexibility index (Phi) is 6.40. The van der Waals surface area contributed by atoms with Crippen molar-refractivity contribution in [1.29, 1.82) is 0 Å². The summed E-state index contributed by atoms with van der Waals surface area (Å²) < 4.78 is 28.6. The minimum Gasteiger partial charge on any atom is -0.369 e. The van der Waals surface area contributed by atoms with Crippen molar-refractivity contribution < 1.29 is 8.42 Å². The number of sulfonamides is 1. The van der Waals surface area contributed by atoms with Crippen LogP contribution in [0.15, 0.2) is 61.1 Å². The van der Waals surface area contributed by atoms with Gasteiger partial charge < -0.3 is 20.1 Å². The van der Waals surface area contributed by atoms with Gasteiger partial charge in [-0.2, -0.15) is 4.98 Å². The third-order valence-electron chi connectivity index (χ3n) is 7.01. The molecule has 1 aromatic carbocycles. The number of nitrogens with one attached hydrogen (secondary N) is 2. The number of fused-ring (bicyclic) bond motifs is 1. The minimum atomic E-state index is -3.43. The summed E-state index contributed by atoms with van der Waals surface area (Å²) >= 11 is 0. The standard InChI is InChI=1S/C27H32N8O2S/c1-19-17-33(15-13-28-19)23-7-5-22(6-8-23)31-27-30-16-20-11-14-34(26(20)32-27)18-21-4-3-12-29-25(21)35(24-9-10-24)38(2,36)37/h3-8,11-12,14,16,19,24,28H,9-10,13,15,17-18H2,1-2H3,(H,30,31,32)/t19-/m1/s1. The predicted octanol–water partition coefficient (Wildman–Crippen LogP) is 3.34. The first-order valence-electron chi connectivity index (χ1n) is 13.0. The maximum atomic E-state index is 12.6. The topological polar surface area (TPSA) is 108 Å². The van der Waals surface area contributed by atoms with Crippen molar-refractivity contribution in [3.63, 3.8) is 0 Å². The highest BCUT2D eigenvalue weighted by atomic mass is 32.2. The van der Waals surface area contributed by atoms with Crippen molar-refractivity contribution in [2.75, 3.05) is 40.4 Å². The number of aromatic nitrogens is 4. The maximum absolute atomic E-state index is 12.6. The second-order valence-electron chi connectivity index (χ2n) is 10.2. The predicted molar refractivity (Wildman–Crippen MR) is 151 cm³/mol. The smallest absolute Gasteiger partial charge is 0.233 e. The van der Waals surface area contributed by atoms with Crippen LogP contribution in [0.4, 0.5) is 23.1 Å². The van der Waals surface area contributed by atoms with Gasteiger partial charge in [-0.05, 0) is 56.2 Å². The Morgan fingerprint density at radius 1 is 1.13 bits per heavy atom. The van der Waals surface area contributed by atoms with Gasteiger partial charge in [0.25, 0.3) is 0 Å². The number of nitrogens with zero attached hydrogens (tertiary/aromatic N) is 6. The molecule has 0 bridgehead atoms. The van der Waals surface area contributed by atoms with Gasteiger partial charge in [0.15, 0.2) is 0 Å². The van der Waals surface area contributed by atoms with Crippen LogP contribution in [0.1, 0.15) is 25.3 Å². The lowest BCUT2D eigenvalue weighted by molar-refractivity contribution is 0.485. The molecule has 10 nitrogen and oxygen atoms in total. The van der Waals surface area contributed by atoms with Crippen molar-refractivity contribution in [2.24, 2.45) is 0 Å². The number of benzene rings is 1. The van der Waals surface area contributed by atoms with E-state index in [1.165, 1.54) is 16.2 Å². The van der Waals surface area contributed by atoms with E-state index in [-0.39, 0.29) is 6.04 Å². The van der Waals surface area contributed by atoms with Crippen LogP contribution in [0.25, 0.3) is 11.0 Å². The lowest BCUT2D eigenvalue weighted by atomic mass is 10.2. The summed E-state index contributed by atoms with van der Waals surface area (Å²) in [5.74, 6) is 0.994. The molecule has 4 aromatic rings. The molecule has 198 valence electrons. The van der Waals surface area contributed by atoms with E-state index in [2.05, 4.69) is 44.6 Å². The molecule has 3 aromatic heterocycles. The Labute approximate surface area is 222 Å². The fourth-order valence-corrected chi connectivity index (χ4v) is 6.29. The van der Waals surface area contributed by atoms with E-state index in [1.54, 1.807) is 12.4 Å². The van der Waals surface area contributed by atoms with Crippen molar-refractivity contribution in [3.8, 4) is 0 Å².